The quantitative estimate of drug-likeness (QED) is 0.477. The van der Waals surface area contributed by atoms with Crippen molar-refractivity contribution >= 4 is 17.8 Å². The second kappa shape index (κ2) is 6.95. The fraction of sp³-hybridized carbons (Fsp3) is 0.727. The number of carbonyl (C=O) groups excluding carboxylic acids is 2. The van der Waals surface area contributed by atoms with Gasteiger partial charge in [-0.3, -0.25) is 9.59 Å². The molecule has 1 atom stereocenters. The van der Waals surface area contributed by atoms with Gasteiger partial charge in [-0.2, -0.15) is 0 Å². The molecule has 0 radical (unpaired) electrons. The predicted octanol–water partition coefficient (Wildman–Crippen LogP) is -1.18. The zero-order valence-electron chi connectivity index (χ0n) is 10.1. The highest BCUT2D eigenvalue weighted by Gasteiger charge is 2.24. The van der Waals surface area contributed by atoms with E-state index in [0.29, 0.717) is 6.42 Å². The normalized spacial score (nSPS) is 18.0. The van der Waals surface area contributed by atoms with Crippen LogP contribution in [0, 0.1) is 5.92 Å². The maximum atomic E-state index is 11.7. The Hall–Kier alpha value is -1.63. The third-order valence-electron chi connectivity index (χ3n) is 2.97. The summed E-state index contributed by atoms with van der Waals surface area (Å²) in [5, 5.41) is 14.4. The first-order valence-corrected chi connectivity index (χ1v) is 6.00. The summed E-state index contributed by atoms with van der Waals surface area (Å²) in [7, 11) is 0. The number of nitrogens with two attached hydrogens (primary N) is 1. The van der Waals surface area contributed by atoms with E-state index >= 15 is 0 Å². The molecule has 1 saturated heterocycles. The van der Waals surface area contributed by atoms with E-state index in [4.69, 9.17) is 10.8 Å². The molecule has 1 aliphatic rings. The lowest BCUT2D eigenvalue weighted by molar-refractivity contribution is -0.143. The number of nitrogens with one attached hydrogen (secondary N) is 2. The van der Waals surface area contributed by atoms with E-state index < -0.39 is 17.9 Å². The maximum absolute atomic E-state index is 11.7. The van der Waals surface area contributed by atoms with Crippen LogP contribution in [0.2, 0.25) is 0 Å². The molecule has 0 bridgehead atoms. The second-order valence-electron chi connectivity index (χ2n) is 4.53. The molecule has 1 aliphatic heterocycles. The Morgan fingerprint density at radius 1 is 1.33 bits per heavy atom. The Labute approximate surface area is 105 Å². The van der Waals surface area contributed by atoms with E-state index in [2.05, 4.69) is 10.6 Å². The van der Waals surface area contributed by atoms with Gasteiger partial charge in [0.15, 0.2) is 0 Å². The van der Waals surface area contributed by atoms with E-state index in [1.165, 1.54) is 0 Å². The fourth-order valence-electron chi connectivity index (χ4n) is 2.00. The topological polar surface area (TPSA) is 122 Å². The van der Waals surface area contributed by atoms with E-state index in [1.807, 2.05) is 0 Å². The summed E-state index contributed by atoms with van der Waals surface area (Å²) in [4.78, 5) is 33.2. The first-order chi connectivity index (χ1) is 8.49. The van der Waals surface area contributed by atoms with E-state index in [0.717, 1.165) is 25.9 Å². The lowest BCUT2D eigenvalue weighted by Crippen LogP contribution is -2.44. The van der Waals surface area contributed by atoms with Crippen LogP contribution in [-0.2, 0) is 14.4 Å². The molecule has 0 aromatic heterocycles. The number of primary amides is 1. The Bertz CT molecular complexity index is 326. The van der Waals surface area contributed by atoms with Crippen LogP contribution < -0.4 is 16.4 Å². The van der Waals surface area contributed by atoms with Gasteiger partial charge in [-0.15, -0.1) is 0 Å². The first-order valence-electron chi connectivity index (χ1n) is 6.00. The van der Waals surface area contributed by atoms with Crippen LogP contribution in [-0.4, -0.2) is 42.0 Å². The van der Waals surface area contributed by atoms with Crippen molar-refractivity contribution in [2.45, 2.75) is 31.7 Å². The number of hydrogen-bond acceptors (Lipinski definition) is 4. The lowest BCUT2D eigenvalue weighted by Gasteiger charge is -2.22. The van der Waals surface area contributed by atoms with Crippen LogP contribution in [0.15, 0.2) is 0 Å². The van der Waals surface area contributed by atoms with Gasteiger partial charge in [0.1, 0.15) is 6.04 Å². The standard InChI is InChI=1S/C11H19N3O4/c12-9(15)6-8(11(17)18)14-10(16)5-7-1-3-13-4-2-7/h7-8,13H,1-6H2,(H2,12,15)(H,14,16)(H,17,18)/t8-/m1/s1. The molecule has 0 aromatic rings. The summed E-state index contributed by atoms with van der Waals surface area (Å²) in [5.74, 6) is -2.05. The minimum absolute atomic E-state index is 0.272. The molecule has 0 unspecified atom stereocenters. The third kappa shape index (κ3) is 5.13. The smallest absolute Gasteiger partial charge is 0.326 e. The van der Waals surface area contributed by atoms with Crippen LogP contribution in [0.4, 0.5) is 0 Å². The van der Waals surface area contributed by atoms with Gasteiger partial charge in [0.2, 0.25) is 11.8 Å². The molecule has 18 heavy (non-hydrogen) atoms. The van der Waals surface area contributed by atoms with Gasteiger partial charge >= 0.3 is 5.97 Å². The zero-order valence-corrected chi connectivity index (χ0v) is 10.1. The molecule has 5 N–H and O–H groups in total. The molecule has 102 valence electrons. The molecule has 1 heterocycles. The van der Waals surface area contributed by atoms with Crippen molar-refractivity contribution in [3.63, 3.8) is 0 Å². The van der Waals surface area contributed by atoms with Gasteiger partial charge in [0.05, 0.1) is 6.42 Å². The molecule has 0 spiro atoms. The Morgan fingerprint density at radius 2 is 1.94 bits per heavy atom. The number of carbonyl (C=O) groups is 3. The predicted molar refractivity (Wildman–Crippen MR) is 63.6 cm³/mol. The highest BCUT2D eigenvalue weighted by Crippen LogP contribution is 2.15. The number of piperidine rings is 1. The first kappa shape index (κ1) is 14.4. The lowest BCUT2D eigenvalue weighted by atomic mass is 9.94. The van der Waals surface area contributed by atoms with Crippen molar-refractivity contribution in [2.24, 2.45) is 11.7 Å². The average Bonchev–Trinajstić information content (AvgIpc) is 2.28. The molecule has 1 fully saturated rings. The number of hydrogen-bond donors (Lipinski definition) is 4. The van der Waals surface area contributed by atoms with Gasteiger partial charge in [-0.25, -0.2) is 4.79 Å². The minimum atomic E-state index is -1.24. The fourth-order valence-corrected chi connectivity index (χ4v) is 2.00. The van der Waals surface area contributed by atoms with Crippen LogP contribution in [0.1, 0.15) is 25.7 Å². The Morgan fingerprint density at radius 3 is 2.44 bits per heavy atom. The number of carboxylic acid groups (broad SMARTS) is 1. The largest absolute Gasteiger partial charge is 0.480 e. The van der Waals surface area contributed by atoms with Crippen LogP contribution >= 0.6 is 0 Å². The molecule has 2 amide bonds. The summed E-state index contributed by atoms with van der Waals surface area (Å²) in [6, 6.07) is -1.23. The molecule has 0 aromatic carbocycles. The van der Waals surface area contributed by atoms with Crippen molar-refractivity contribution < 1.29 is 19.5 Å². The van der Waals surface area contributed by atoms with Crippen molar-refractivity contribution in [2.75, 3.05) is 13.1 Å². The SMILES string of the molecule is NC(=O)C[C@@H](NC(=O)CC1CCNCC1)C(=O)O. The highest BCUT2D eigenvalue weighted by atomic mass is 16.4. The van der Waals surface area contributed by atoms with Gasteiger partial charge in [-0.05, 0) is 31.8 Å². The highest BCUT2D eigenvalue weighted by molar-refractivity contribution is 5.88. The monoisotopic (exact) mass is 257 g/mol. The Balaban J connectivity index is 2.40. The van der Waals surface area contributed by atoms with Gasteiger partial charge in [0, 0.05) is 6.42 Å². The number of rotatable bonds is 6. The third-order valence-corrected chi connectivity index (χ3v) is 2.97. The minimum Gasteiger partial charge on any atom is -0.480 e. The number of amides is 2. The van der Waals surface area contributed by atoms with Crippen molar-refractivity contribution in [3.05, 3.63) is 0 Å². The number of aliphatic carboxylic acids is 1. The molecule has 7 nitrogen and oxygen atoms in total. The summed E-state index contributed by atoms with van der Waals surface area (Å²) in [6.07, 6.45) is 1.72. The van der Waals surface area contributed by atoms with E-state index in [-0.39, 0.29) is 18.2 Å². The van der Waals surface area contributed by atoms with Gasteiger partial charge in [-0.1, -0.05) is 0 Å². The molecule has 0 aliphatic carbocycles. The van der Waals surface area contributed by atoms with Crippen LogP contribution in [0.3, 0.4) is 0 Å². The zero-order chi connectivity index (χ0) is 13.5. The van der Waals surface area contributed by atoms with Gasteiger partial charge in [0.25, 0.3) is 0 Å². The van der Waals surface area contributed by atoms with Crippen LogP contribution in [0.5, 0.6) is 0 Å². The van der Waals surface area contributed by atoms with Crippen molar-refractivity contribution in [3.8, 4) is 0 Å². The molecule has 1 rings (SSSR count). The molecular weight excluding hydrogens is 238 g/mol. The van der Waals surface area contributed by atoms with E-state index in [9.17, 15) is 14.4 Å². The maximum Gasteiger partial charge on any atom is 0.326 e. The summed E-state index contributed by atoms with van der Waals surface area (Å²) >= 11 is 0. The second-order valence-corrected chi connectivity index (χ2v) is 4.53. The Kier molecular flexibility index (Phi) is 5.57. The summed E-state index contributed by atoms with van der Waals surface area (Å²) < 4.78 is 0. The van der Waals surface area contributed by atoms with E-state index in [1.54, 1.807) is 0 Å². The van der Waals surface area contributed by atoms with Crippen molar-refractivity contribution in [1.82, 2.24) is 10.6 Å². The summed E-state index contributed by atoms with van der Waals surface area (Å²) in [5.41, 5.74) is 4.93. The summed E-state index contributed by atoms with van der Waals surface area (Å²) in [6.45, 7) is 1.75. The number of carboxylic acids is 1. The van der Waals surface area contributed by atoms with Crippen molar-refractivity contribution in [1.29, 1.82) is 0 Å². The van der Waals surface area contributed by atoms with Crippen LogP contribution in [0.25, 0.3) is 0 Å². The molecule has 7 heteroatoms. The molecular formula is C11H19N3O4. The average molecular weight is 257 g/mol. The molecule has 0 saturated carbocycles. The van der Waals surface area contributed by atoms with Gasteiger partial charge < -0.3 is 21.5 Å².